The van der Waals surface area contributed by atoms with Gasteiger partial charge >= 0.3 is 0 Å². The third kappa shape index (κ3) is 2.12. The first-order valence-corrected chi connectivity index (χ1v) is 12.1. The zero-order chi connectivity index (χ0) is 19.5. The Kier molecular flexibility index (Phi) is 3.05. The zero-order valence-electron chi connectivity index (χ0n) is 16.5. The van der Waals surface area contributed by atoms with Crippen molar-refractivity contribution < 1.29 is 13.2 Å². The molecule has 0 spiro atoms. The van der Waals surface area contributed by atoms with Crippen molar-refractivity contribution in [3.8, 4) is 5.75 Å². The molecule has 0 bridgehead atoms. The maximum Gasteiger partial charge on any atom is 0.242 e. The monoisotopic (exact) mass is 402 g/mol. The van der Waals surface area contributed by atoms with Crippen molar-refractivity contribution in [2.45, 2.75) is 58.0 Å². The lowest BCUT2D eigenvalue weighted by molar-refractivity contribution is 0.0463. The lowest BCUT2D eigenvalue weighted by atomic mass is 9.75. The Morgan fingerprint density at radius 2 is 2.00 bits per heavy atom. The van der Waals surface area contributed by atoms with Crippen molar-refractivity contribution in [2.75, 3.05) is 11.0 Å². The summed E-state index contributed by atoms with van der Waals surface area (Å²) >= 11 is 0. The van der Waals surface area contributed by atoms with Crippen molar-refractivity contribution in [1.82, 2.24) is 14.6 Å². The van der Waals surface area contributed by atoms with E-state index in [0.29, 0.717) is 17.0 Å². The van der Waals surface area contributed by atoms with Gasteiger partial charge in [-0.05, 0) is 55.3 Å². The first-order chi connectivity index (χ1) is 13.2. The standard InChI is InChI=1S/C20H26N4O3S/c1-19-7-6-13-14(20(13,19)2)8-16(19)27-15-9-17-21-22-18(23-28(3,25)26)24(17)10-12(15)11-4-5-11/h9-11,13-14,16H,4-8H2,1-3H3,(H,22,23)/t13?,14?,16-,19-,20+/m1/s1. The third-order valence-corrected chi connectivity index (χ3v) is 8.95. The van der Waals surface area contributed by atoms with E-state index in [2.05, 4.69) is 28.8 Å². The summed E-state index contributed by atoms with van der Waals surface area (Å²) in [7, 11) is -3.41. The summed E-state index contributed by atoms with van der Waals surface area (Å²) in [6, 6.07) is 1.94. The van der Waals surface area contributed by atoms with Crippen LogP contribution in [0.3, 0.4) is 0 Å². The van der Waals surface area contributed by atoms with E-state index in [-0.39, 0.29) is 17.5 Å². The van der Waals surface area contributed by atoms with E-state index in [1.54, 1.807) is 4.40 Å². The van der Waals surface area contributed by atoms with Gasteiger partial charge in [-0.1, -0.05) is 13.8 Å². The zero-order valence-corrected chi connectivity index (χ0v) is 17.3. The molecule has 0 aromatic carbocycles. The highest BCUT2D eigenvalue weighted by atomic mass is 32.2. The van der Waals surface area contributed by atoms with Crippen LogP contribution in [-0.2, 0) is 10.0 Å². The Hall–Kier alpha value is -1.83. The predicted molar refractivity (Wildman–Crippen MR) is 105 cm³/mol. The van der Waals surface area contributed by atoms with Gasteiger partial charge in [-0.25, -0.2) is 8.42 Å². The summed E-state index contributed by atoms with van der Waals surface area (Å²) in [5.74, 6) is 3.34. The summed E-state index contributed by atoms with van der Waals surface area (Å²) < 4.78 is 34.1. The average Bonchev–Trinajstić information content (AvgIpc) is 3.47. The van der Waals surface area contributed by atoms with Crippen LogP contribution < -0.4 is 9.46 Å². The highest BCUT2D eigenvalue weighted by molar-refractivity contribution is 7.91. The van der Waals surface area contributed by atoms with Gasteiger partial charge in [-0.3, -0.25) is 9.12 Å². The Bertz CT molecular complexity index is 1110. The Morgan fingerprint density at radius 1 is 1.21 bits per heavy atom. The molecule has 4 saturated carbocycles. The fourth-order valence-electron chi connectivity index (χ4n) is 6.48. The van der Waals surface area contributed by atoms with Gasteiger partial charge in [0.25, 0.3) is 0 Å². The molecule has 4 fully saturated rings. The number of pyridine rings is 1. The molecular formula is C20H26N4O3S. The van der Waals surface area contributed by atoms with Crippen LogP contribution in [0.15, 0.2) is 12.3 Å². The van der Waals surface area contributed by atoms with E-state index in [1.165, 1.54) is 12.8 Å². The van der Waals surface area contributed by atoms with Crippen molar-refractivity contribution in [3.63, 3.8) is 0 Å². The number of fused-ring (bicyclic) bond motifs is 2. The molecule has 0 radical (unpaired) electrons. The van der Waals surface area contributed by atoms with Gasteiger partial charge in [0.2, 0.25) is 16.0 Å². The molecule has 6 rings (SSSR count). The van der Waals surface area contributed by atoms with E-state index in [9.17, 15) is 8.42 Å². The Morgan fingerprint density at radius 3 is 2.68 bits per heavy atom. The fourth-order valence-corrected chi connectivity index (χ4v) is 6.95. The normalized spacial score (nSPS) is 38.6. The molecule has 8 heteroatoms. The van der Waals surface area contributed by atoms with Crippen molar-refractivity contribution in [3.05, 3.63) is 17.8 Å². The summed E-state index contributed by atoms with van der Waals surface area (Å²) in [5.41, 5.74) is 2.47. The van der Waals surface area contributed by atoms with E-state index in [4.69, 9.17) is 4.74 Å². The largest absolute Gasteiger partial charge is 0.489 e. The summed E-state index contributed by atoms with van der Waals surface area (Å²) in [5, 5.41) is 8.19. The molecule has 2 aromatic heterocycles. The number of ether oxygens (including phenoxy) is 1. The maximum absolute atomic E-state index is 11.6. The molecule has 0 amide bonds. The van der Waals surface area contributed by atoms with Gasteiger partial charge < -0.3 is 4.74 Å². The van der Waals surface area contributed by atoms with E-state index in [1.807, 2.05) is 12.3 Å². The minimum absolute atomic E-state index is 0.228. The average molecular weight is 403 g/mol. The second kappa shape index (κ2) is 5.01. The van der Waals surface area contributed by atoms with Gasteiger partial charge in [0.1, 0.15) is 11.9 Å². The van der Waals surface area contributed by atoms with Crippen LogP contribution in [-0.4, -0.2) is 35.4 Å². The minimum atomic E-state index is -3.41. The van der Waals surface area contributed by atoms with Gasteiger partial charge in [0.15, 0.2) is 5.65 Å². The van der Waals surface area contributed by atoms with Gasteiger partial charge in [-0.2, -0.15) is 0 Å². The van der Waals surface area contributed by atoms with Crippen LogP contribution in [0, 0.1) is 22.7 Å². The summed E-state index contributed by atoms with van der Waals surface area (Å²) in [6.45, 7) is 4.89. The number of sulfonamides is 1. The minimum Gasteiger partial charge on any atom is -0.489 e. The molecule has 5 atom stereocenters. The first-order valence-electron chi connectivity index (χ1n) is 10.2. The fraction of sp³-hybridized carbons (Fsp3) is 0.700. The second-order valence-corrected chi connectivity index (χ2v) is 11.5. The van der Waals surface area contributed by atoms with Crippen LogP contribution >= 0.6 is 0 Å². The number of rotatable bonds is 5. The third-order valence-electron chi connectivity index (χ3n) is 8.40. The molecule has 4 aliphatic carbocycles. The summed E-state index contributed by atoms with van der Waals surface area (Å²) in [6.07, 6.45) is 9.37. The van der Waals surface area contributed by atoms with E-state index < -0.39 is 10.0 Å². The van der Waals surface area contributed by atoms with Gasteiger partial charge in [0.05, 0.1) is 6.26 Å². The number of hydrogen-bond donors (Lipinski definition) is 1. The van der Waals surface area contributed by atoms with Crippen LogP contribution in [0.2, 0.25) is 0 Å². The second-order valence-electron chi connectivity index (χ2n) is 9.79. The Balaban J connectivity index is 1.38. The molecular weight excluding hydrogens is 376 g/mol. The maximum atomic E-state index is 11.6. The SMILES string of the molecule is C[C@@]12C3CC[C@]1(C)[C@H](Oc1cc4nnc(NS(C)(=O)=O)n4cc1C1CC1)CC32. The number of nitrogens with zero attached hydrogens (tertiary/aromatic N) is 3. The number of anilines is 1. The topological polar surface area (TPSA) is 85.6 Å². The van der Waals surface area contributed by atoms with Gasteiger partial charge in [-0.15, -0.1) is 10.2 Å². The lowest BCUT2D eigenvalue weighted by Crippen LogP contribution is -2.37. The number of hydrogen-bond acceptors (Lipinski definition) is 5. The smallest absolute Gasteiger partial charge is 0.242 e. The van der Waals surface area contributed by atoms with Crippen LogP contribution in [0.25, 0.3) is 5.65 Å². The molecule has 0 saturated heterocycles. The summed E-state index contributed by atoms with van der Waals surface area (Å²) in [4.78, 5) is 0. The van der Waals surface area contributed by atoms with Crippen LogP contribution in [0.5, 0.6) is 5.75 Å². The molecule has 2 heterocycles. The lowest BCUT2D eigenvalue weighted by Gasteiger charge is -2.36. The van der Waals surface area contributed by atoms with E-state index in [0.717, 1.165) is 48.7 Å². The number of aromatic nitrogens is 3. The molecule has 28 heavy (non-hydrogen) atoms. The molecule has 1 N–H and O–H groups in total. The number of nitrogens with one attached hydrogen (secondary N) is 1. The molecule has 2 unspecified atom stereocenters. The van der Waals surface area contributed by atoms with Gasteiger partial charge in [0, 0.05) is 23.2 Å². The van der Waals surface area contributed by atoms with Crippen LogP contribution in [0.4, 0.5) is 5.95 Å². The molecule has 7 nitrogen and oxygen atoms in total. The first kappa shape index (κ1) is 17.1. The van der Waals surface area contributed by atoms with Crippen molar-refractivity contribution in [2.24, 2.45) is 22.7 Å². The van der Waals surface area contributed by atoms with Crippen molar-refractivity contribution >= 4 is 21.6 Å². The molecule has 150 valence electrons. The van der Waals surface area contributed by atoms with Crippen LogP contribution in [0.1, 0.15) is 57.4 Å². The molecule has 4 aliphatic rings. The molecule has 0 aliphatic heterocycles. The highest BCUT2D eigenvalue weighted by Gasteiger charge is 2.79. The highest BCUT2D eigenvalue weighted by Crippen LogP contribution is 2.83. The Labute approximate surface area is 164 Å². The van der Waals surface area contributed by atoms with E-state index >= 15 is 0 Å². The van der Waals surface area contributed by atoms with Crippen molar-refractivity contribution in [1.29, 1.82) is 0 Å². The molecule has 2 aromatic rings. The quantitative estimate of drug-likeness (QED) is 0.830. The predicted octanol–water partition coefficient (Wildman–Crippen LogP) is 3.18.